The van der Waals surface area contributed by atoms with Crippen LogP contribution in [-0.4, -0.2) is 18.3 Å². The molecule has 0 saturated carbocycles. The molecular formula is C8H16N2OSi. The average Bonchev–Trinajstić information content (AvgIpc) is 2.30. The molecule has 0 aromatic carbocycles. The van der Waals surface area contributed by atoms with Gasteiger partial charge >= 0.3 is 0 Å². The van der Waals surface area contributed by atoms with Gasteiger partial charge in [-0.25, -0.2) is 0 Å². The van der Waals surface area contributed by atoms with Crippen LogP contribution in [0.25, 0.3) is 0 Å². The lowest BCUT2D eigenvalue weighted by molar-refractivity contribution is 0.472. The first-order valence-electron chi connectivity index (χ1n) is 4.26. The average molecular weight is 184 g/mol. The molecule has 0 aliphatic rings. The van der Waals surface area contributed by atoms with E-state index in [0.717, 1.165) is 12.3 Å². The minimum absolute atomic E-state index is 0.667. The van der Waals surface area contributed by atoms with Gasteiger partial charge in [-0.15, -0.1) is 10.2 Å². The molecule has 3 nitrogen and oxygen atoms in total. The Hall–Kier alpha value is -0.643. The fourth-order valence-electron chi connectivity index (χ4n) is 0.920. The van der Waals surface area contributed by atoms with Gasteiger partial charge in [-0.1, -0.05) is 19.6 Å². The van der Waals surface area contributed by atoms with Gasteiger partial charge in [-0.05, 0) is 6.04 Å². The lowest BCUT2D eigenvalue weighted by Crippen LogP contribution is -2.19. The van der Waals surface area contributed by atoms with Crippen LogP contribution in [0.3, 0.4) is 0 Å². The molecule has 68 valence electrons. The minimum atomic E-state index is -0.959. The van der Waals surface area contributed by atoms with E-state index in [1.165, 1.54) is 6.04 Å². The third kappa shape index (κ3) is 3.17. The van der Waals surface area contributed by atoms with E-state index in [9.17, 15) is 0 Å². The number of hydrogen-bond donors (Lipinski definition) is 0. The van der Waals surface area contributed by atoms with E-state index >= 15 is 0 Å². The molecule has 12 heavy (non-hydrogen) atoms. The van der Waals surface area contributed by atoms with E-state index < -0.39 is 8.07 Å². The van der Waals surface area contributed by atoms with Crippen LogP contribution in [0.1, 0.15) is 11.8 Å². The maximum absolute atomic E-state index is 5.28. The van der Waals surface area contributed by atoms with Crippen molar-refractivity contribution in [1.29, 1.82) is 0 Å². The Labute approximate surface area is 74.2 Å². The van der Waals surface area contributed by atoms with Crippen LogP contribution >= 0.6 is 0 Å². The molecule has 0 aliphatic heterocycles. The predicted octanol–water partition coefficient (Wildman–Crippen LogP) is 2.26. The van der Waals surface area contributed by atoms with Crippen molar-refractivity contribution < 1.29 is 4.42 Å². The van der Waals surface area contributed by atoms with Gasteiger partial charge in [0.2, 0.25) is 11.8 Å². The monoisotopic (exact) mass is 184 g/mol. The van der Waals surface area contributed by atoms with Crippen LogP contribution in [0.4, 0.5) is 0 Å². The SMILES string of the molecule is Cc1nnc(CC[Si](C)(C)C)o1. The normalized spacial score (nSPS) is 12.0. The van der Waals surface area contributed by atoms with Gasteiger partial charge in [-0.2, -0.15) is 0 Å². The Morgan fingerprint density at radius 1 is 1.25 bits per heavy atom. The maximum atomic E-state index is 5.28. The topological polar surface area (TPSA) is 38.9 Å². The second kappa shape index (κ2) is 3.39. The maximum Gasteiger partial charge on any atom is 0.216 e. The van der Waals surface area contributed by atoms with Crippen molar-refractivity contribution in [2.75, 3.05) is 0 Å². The van der Waals surface area contributed by atoms with Crippen molar-refractivity contribution in [3.63, 3.8) is 0 Å². The van der Waals surface area contributed by atoms with E-state index in [2.05, 4.69) is 29.8 Å². The highest BCUT2D eigenvalue weighted by atomic mass is 28.3. The molecule has 1 aromatic heterocycles. The summed E-state index contributed by atoms with van der Waals surface area (Å²) >= 11 is 0. The van der Waals surface area contributed by atoms with Gasteiger partial charge in [0.05, 0.1) is 0 Å². The highest BCUT2D eigenvalue weighted by molar-refractivity contribution is 6.76. The van der Waals surface area contributed by atoms with E-state index in [0.29, 0.717) is 5.89 Å². The summed E-state index contributed by atoms with van der Waals surface area (Å²) < 4.78 is 5.28. The summed E-state index contributed by atoms with van der Waals surface area (Å²) in [6.07, 6.45) is 0.941. The van der Waals surface area contributed by atoms with Gasteiger partial charge < -0.3 is 4.42 Å². The van der Waals surface area contributed by atoms with Crippen LogP contribution < -0.4 is 0 Å². The van der Waals surface area contributed by atoms with Gasteiger partial charge in [0.15, 0.2) is 0 Å². The highest BCUT2D eigenvalue weighted by Crippen LogP contribution is 2.12. The molecular weight excluding hydrogens is 168 g/mol. The molecule has 1 rings (SSSR count). The number of nitrogens with zero attached hydrogens (tertiary/aromatic N) is 2. The van der Waals surface area contributed by atoms with E-state index in [1.807, 2.05) is 6.92 Å². The summed E-state index contributed by atoms with van der Waals surface area (Å²) in [4.78, 5) is 0. The summed E-state index contributed by atoms with van der Waals surface area (Å²) in [6.45, 7) is 8.85. The Bertz CT molecular complexity index is 252. The molecule has 0 spiro atoms. The molecule has 0 saturated heterocycles. The minimum Gasteiger partial charge on any atom is -0.426 e. The first-order chi connectivity index (χ1) is 5.47. The molecule has 0 aliphatic carbocycles. The second-order valence-corrected chi connectivity index (χ2v) is 9.90. The van der Waals surface area contributed by atoms with Gasteiger partial charge in [0.25, 0.3) is 0 Å². The van der Waals surface area contributed by atoms with Gasteiger partial charge in [-0.3, -0.25) is 0 Å². The van der Waals surface area contributed by atoms with Crippen molar-refractivity contribution in [3.8, 4) is 0 Å². The molecule has 1 heterocycles. The lowest BCUT2D eigenvalue weighted by Gasteiger charge is -2.12. The van der Waals surface area contributed by atoms with Crippen LogP contribution in [0.2, 0.25) is 25.7 Å². The standard InChI is InChI=1S/C8H16N2OSi/c1-7-9-10-8(11-7)5-6-12(2,3)4/h5-6H2,1-4H3. The van der Waals surface area contributed by atoms with Gasteiger partial charge in [0, 0.05) is 21.4 Å². The zero-order chi connectivity index (χ0) is 9.19. The molecule has 0 bridgehead atoms. The van der Waals surface area contributed by atoms with E-state index in [-0.39, 0.29) is 0 Å². The molecule has 1 aromatic rings. The first-order valence-corrected chi connectivity index (χ1v) is 7.97. The summed E-state index contributed by atoms with van der Waals surface area (Å²) in [5.41, 5.74) is 0. The molecule has 4 heteroatoms. The third-order valence-corrected chi connectivity index (χ3v) is 3.41. The van der Waals surface area contributed by atoms with Gasteiger partial charge in [0.1, 0.15) is 0 Å². The van der Waals surface area contributed by atoms with Crippen LogP contribution in [0, 0.1) is 6.92 Å². The molecule has 0 radical (unpaired) electrons. The third-order valence-electron chi connectivity index (χ3n) is 1.66. The van der Waals surface area contributed by atoms with E-state index in [1.54, 1.807) is 0 Å². The first kappa shape index (κ1) is 9.44. The zero-order valence-corrected chi connectivity index (χ0v) is 9.22. The van der Waals surface area contributed by atoms with Crippen LogP contribution in [0.15, 0.2) is 4.42 Å². The number of aromatic nitrogens is 2. The summed E-state index contributed by atoms with van der Waals surface area (Å²) in [5.74, 6) is 1.45. The molecule has 0 fully saturated rings. The Kier molecular flexibility index (Phi) is 2.67. The predicted molar refractivity (Wildman–Crippen MR) is 50.9 cm³/mol. The van der Waals surface area contributed by atoms with E-state index in [4.69, 9.17) is 4.42 Å². The Morgan fingerprint density at radius 2 is 1.92 bits per heavy atom. The molecule has 0 amide bonds. The van der Waals surface area contributed by atoms with Crippen LogP contribution in [-0.2, 0) is 6.42 Å². The second-order valence-electron chi connectivity index (χ2n) is 4.28. The van der Waals surface area contributed by atoms with Crippen molar-refractivity contribution in [2.45, 2.75) is 39.0 Å². The fourth-order valence-corrected chi connectivity index (χ4v) is 1.88. The Balaban J connectivity index is 2.44. The number of aryl methyl sites for hydroxylation is 2. The molecule has 0 N–H and O–H groups in total. The molecule has 0 atom stereocenters. The Morgan fingerprint density at radius 3 is 2.33 bits per heavy atom. The number of rotatable bonds is 3. The zero-order valence-electron chi connectivity index (χ0n) is 8.22. The quantitative estimate of drug-likeness (QED) is 0.676. The summed E-state index contributed by atoms with van der Waals surface area (Å²) in [6, 6.07) is 1.22. The summed E-state index contributed by atoms with van der Waals surface area (Å²) in [5, 5.41) is 7.74. The van der Waals surface area contributed by atoms with Crippen molar-refractivity contribution in [2.24, 2.45) is 0 Å². The number of hydrogen-bond acceptors (Lipinski definition) is 3. The fraction of sp³-hybridized carbons (Fsp3) is 0.750. The van der Waals surface area contributed by atoms with Crippen molar-refractivity contribution in [1.82, 2.24) is 10.2 Å². The summed E-state index contributed by atoms with van der Waals surface area (Å²) in [7, 11) is -0.959. The highest BCUT2D eigenvalue weighted by Gasteiger charge is 2.14. The van der Waals surface area contributed by atoms with Crippen LogP contribution in [0.5, 0.6) is 0 Å². The largest absolute Gasteiger partial charge is 0.426 e. The molecule has 0 unspecified atom stereocenters. The lowest BCUT2D eigenvalue weighted by atomic mass is 10.5. The smallest absolute Gasteiger partial charge is 0.216 e. The van der Waals surface area contributed by atoms with Crippen molar-refractivity contribution >= 4 is 8.07 Å². The van der Waals surface area contributed by atoms with Crippen molar-refractivity contribution in [3.05, 3.63) is 11.8 Å².